The molecule has 0 fully saturated rings. The van der Waals surface area contributed by atoms with Gasteiger partial charge in [0, 0.05) is 0 Å². The number of hydrogen-bond donors (Lipinski definition) is 10. The zero-order chi connectivity index (χ0) is 33.0. The van der Waals surface area contributed by atoms with Crippen LogP contribution in [0.5, 0.6) is 0 Å². The van der Waals surface area contributed by atoms with Crippen LogP contribution < -0.4 is 0 Å². The average Bonchev–Trinajstić information content (AvgIpc) is 2.85. The molecular weight excluding hydrogens is 584 g/mol. The zero-order valence-corrected chi connectivity index (χ0v) is 19.7. The summed E-state index contributed by atoms with van der Waals surface area (Å²) in [5.74, 6) is -19.8. The molecular formula is C22H12O20. The molecule has 2 aromatic rings. The van der Waals surface area contributed by atoms with Crippen molar-refractivity contribution in [1.82, 2.24) is 0 Å². The molecule has 2 aromatic carbocycles. The van der Waals surface area contributed by atoms with Gasteiger partial charge in [0.15, 0.2) is 0 Å². The molecule has 0 saturated heterocycles. The third-order valence-electron chi connectivity index (χ3n) is 4.86. The zero-order valence-electron chi connectivity index (χ0n) is 19.7. The number of carboxylic acid groups (broad SMARTS) is 10. The summed E-state index contributed by atoms with van der Waals surface area (Å²) in [7, 11) is 0. The normalized spacial score (nSPS) is 9.90. The summed E-state index contributed by atoms with van der Waals surface area (Å²) in [6.45, 7) is 0. The van der Waals surface area contributed by atoms with Crippen molar-refractivity contribution in [3.05, 3.63) is 67.8 Å². The van der Waals surface area contributed by atoms with E-state index >= 15 is 0 Å². The van der Waals surface area contributed by atoms with E-state index in [1.54, 1.807) is 0 Å². The Kier molecular flexibility index (Phi) is 9.74. The van der Waals surface area contributed by atoms with Crippen LogP contribution in [0.3, 0.4) is 0 Å². The van der Waals surface area contributed by atoms with Crippen molar-refractivity contribution in [3.63, 3.8) is 0 Å². The van der Waals surface area contributed by atoms with Gasteiger partial charge in [-0.3, -0.25) is 0 Å². The molecule has 0 spiro atoms. The van der Waals surface area contributed by atoms with Crippen molar-refractivity contribution in [2.75, 3.05) is 0 Å². The Hall–Kier alpha value is -6.86. The lowest BCUT2D eigenvalue weighted by atomic mass is 9.91. The quantitative estimate of drug-likeness (QED) is 0.177. The van der Waals surface area contributed by atoms with E-state index in [0.717, 1.165) is 0 Å². The van der Waals surface area contributed by atoms with E-state index in [4.69, 9.17) is 51.1 Å². The van der Waals surface area contributed by atoms with Crippen LogP contribution in [0.25, 0.3) is 0 Å². The molecule has 20 nitrogen and oxygen atoms in total. The smallest absolute Gasteiger partial charge is 0.337 e. The topological polar surface area (TPSA) is 373 Å². The molecule has 0 heterocycles. The molecule has 0 atom stereocenters. The molecule has 0 amide bonds. The monoisotopic (exact) mass is 596 g/mol. The van der Waals surface area contributed by atoms with Gasteiger partial charge in [0.2, 0.25) is 0 Å². The van der Waals surface area contributed by atoms with E-state index in [9.17, 15) is 47.9 Å². The number of carboxylic acids is 10. The molecule has 0 aliphatic carbocycles. The SMILES string of the molecule is O=C(O)c1cc(C(=O)O)c(C(=O)O)c(C(=O)O)c1C(=O)O.O=C(O)c1cc(C(=O)O)c(C(=O)O)c(C(=O)O)c1C(=O)O. The van der Waals surface area contributed by atoms with E-state index in [-0.39, 0.29) is 0 Å². The van der Waals surface area contributed by atoms with Crippen molar-refractivity contribution >= 4 is 59.7 Å². The first-order valence-electron chi connectivity index (χ1n) is 9.93. The second-order valence-corrected chi connectivity index (χ2v) is 7.24. The van der Waals surface area contributed by atoms with Gasteiger partial charge < -0.3 is 51.1 Å². The molecule has 20 heteroatoms. The number of aromatic carboxylic acids is 10. The van der Waals surface area contributed by atoms with Crippen LogP contribution >= 0.6 is 0 Å². The molecule has 0 saturated carbocycles. The van der Waals surface area contributed by atoms with Gasteiger partial charge in [-0.1, -0.05) is 0 Å². The lowest BCUT2D eigenvalue weighted by molar-refractivity contribution is 0.0609. The Morgan fingerprint density at radius 2 is 0.405 bits per heavy atom. The molecule has 0 bridgehead atoms. The highest BCUT2D eigenvalue weighted by Crippen LogP contribution is 2.26. The van der Waals surface area contributed by atoms with Gasteiger partial charge in [0.1, 0.15) is 0 Å². The highest BCUT2D eigenvalue weighted by Gasteiger charge is 2.35. The van der Waals surface area contributed by atoms with Crippen molar-refractivity contribution in [1.29, 1.82) is 0 Å². The number of rotatable bonds is 10. The van der Waals surface area contributed by atoms with Gasteiger partial charge in [0.05, 0.1) is 55.6 Å². The summed E-state index contributed by atoms with van der Waals surface area (Å²) in [6.07, 6.45) is 0. The van der Waals surface area contributed by atoms with Crippen LogP contribution in [0.15, 0.2) is 12.1 Å². The fraction of sp³-hybridized carbons (Fsp3) is 0. The highest BCUT2D eigenvalue weighted by molar-refractivity contribution is 6.18. The summed E-state index contributed by atoms with van der Waals surface area (Å²) in [5, 5.41) is 89.0. The first kappa shape index (κ1) is 33.2. The second-order valence-electron chi connectivity index (χ2n) is 7.24. The molecule has 0 aliphatic heterocycles. The maximum atomic E-state index is 11.1. The number of benzene rings is 2. The fourth-order valence-corrected chi connectivity index (χ4v) is 3.36. The molecule has 0 aliphatic rings. The van der Waals surface area contributed by atoms with Crippen LogP contribution in [-0.4, -0.2) is 111 Å². The van der Waals surface area contributed by atoms with Crippen LogP contribution in [-0.2, 0) is 0 Å². The van der Waals surface area contributed by atoms with Crippen LogP contribution in [0, 0.1) is 0 Å². The second kappa shape index (κ2) is 12.3. The van der Waals surface area contributed by atoms with Crippen LogP contribution in [0.1, 0.15) is 104 Å². The van der Waals surface area contributed by atoms with Gasteiger partial charge in [-0.2, -0.15) is 0 Å². The first-order chi connectivity index (χ1) is 19.2. The van der Waals surface area contributed by atoms with E-state index in [1.807, 2.05) is 0 Å². The molecule has 0 radical (unpaired) electrons. The third kappa shape index (κ3) is 6.40. The first-order valence-corrected chi connectivity index (χ1v) is 9.93. The molecule has 0 unspecified atom stereocenters. The average molecular weight is 596 g/mol. The summed E-state index contributed by atoms with van der Waals surface area (Å²) >= 11 is 0. The number of carbonyl (C=O) groups is 10. The van der Waals surface area contributed by atoms with E-state index in [0.29, 0.717) is 12.1 Å². The van der Waals surface area contributed by atoms with Crippen molar-refractivity contribution in [3.8, 4) is 0 Å². The van der Waals surface area contributed by atoms with Gasteiger partial charge >= 0.3 is 59.7 Å². The summed E-state index contributed by atoms with van der Waals surface area (Å²) in [6, 6.07) is 0.591. The number of hydrogen-bond acceptors (Lipinski definition) is 10. The maximum absolute atomic E-state index is 11.1. The van der Waals surface area contributed by atoms with Gasteiger partial charge in [0.25, 0.3) is 0 Å². The van der Waals surface area contributed by atoms with Crippen molar-refractivity contribution < 1.29 is 99.0 Å². The minimum atomic E-state index is -2.07. The largest absolute Gasteiger partial charge is 0.478 e. The van der Waals surface area contributed by atoms with Crippen molar-refractivity contribution in [2.24, 2.45) is 0 Å². The van der Waals surface area contributed by atoms with E-state index < -0.39 is 115 Å². The van der Waals surface area contributed by atoms with Gasteiger partial charge in [-0.25, -0.2) is 47.9 Å². The Labute approximate surface area is 227 Å². The molecule has 0 aromatic heterocycles. The predicted octanol–water partition coefficient (Wildman–Crippen LogP) is 0.355. The summed E-state index contributed by atoms with van der Waals surface area (Å²) in [4.78, 5) is 110. The highest BCUT2D eigenvalue weighted by atomic mass is 16.4. The Bertz CT molecular complexity index is 1420. The fourth-order valence-electron chi connectivity index (χ4n) is 3.36. The minimum absolute atomic E-state index is 0.296. The molecule has 10 N–H and O–H groups in total. The Morgan fingerprint density at radius 3 is 0.500 bits per heavy atom. The van der Waals surface area contributed by atoms with Crippen molar-refractivity contribution in [2.45, 2.75) is 0 Å². The summed E-state index contributed by atoms with van der Waals surface area (Å²) in [5.41, 5.74) is -12.6. The standard InChI is InChI=1S/2C11H6O10/c2*12-7(13)2-1-3(8(14)15)5(10(18)19)6(11(20)21)4(2)9(16)17/h2*1H,(H,12,13)(H,14,15)(H,16,17)(H,18,19)(H,20,21). The molecule has 2 rings (SSSR count). The maximum Gasteiger partial charge on any atom is 0.337 e. The molecule has 42 heavy (non-hydrogen) atoms. The summed E-state index contributed by atoms with van der Waals surface area (Å²) < 4.78 is 0. The lowest BCUT2D eigenvalue weighted by Crippen LogP contribution is -2.23. The van der Waals surface area contributed by atoms with Gasteiger partial charge in [-0.05, 0) is 12.1 Å². The third-order valence-corrected chi connectivity index (χ3v) is 4.86. The van der Waals surface area contributed by atoms with Crippen LogP contribution in [0.4, 0.5) is 0 Å². The predicted molar refractivity (Wildman–Crippen MR) is 122 cm³/mol. The van der Waals surface area contributed by atoms with Crippen LogP contribution in [0.2, 0.25) is 0 Å². The minimum Gasteiger partial charge on any atom is -0.478 e. The molecule has 220 valence electrons. The van der Waals surface area contributed by atoms with E-state index in [2.05, 4.69) is 0 Å². The Balaban J connectivity index is 0.000000420. The van der Waals surface area contributed by atoms with E-state index in [1.165, 1.54) is 0 Å². The lowest BCUT2D eigenvalue weighted by Gasteiger charge is -2.12. The Morgan fingerprint density at radius 1 is 0.262 bits per heavy atom. The van der Waals surface area contributed by atoms with Gasteiger partial charge in [-0.15, -0.1) is 0 Å².